The Balaban J connectivity index is 2.11. The summed E-state index contributed by atoms with van der Waals surface area (Å²) >= 11 is 0. The first-order valence-corrected chi connectivity index (χ1v) is 6.27. The second-order valence-corrected chi connectivity index (χ2v) is 5.05. The van der Waals surface area contributed by atoms with Gasteiger partial charge in [-0.2, -0.15) is 0 Å². The lowest BCUT2D eigenvalue weighted by atomic mass is 10.1. The zero-order valence-corrected chi connectivity index (χ0v) is 11.5. The molecular weight excluding hydrogens is 238 g/mol. The van der Waals surface area contributed by atoms with Gasteiger partial charge in [0.2, 0.25) is 5.95 Å². The van der Waals surface area contributed by atoms with Crippen LogP contribution in [0.2, 0.25) is 0 Å². The van der Waals surface area contributed by atoms with Gasteiger partial charge >= 0.3 is 0 Å². The molecule has 0 amide bonds. The monoisotopic (exact) mass is 257 g/mol. The van der Waals surface area contributed by atoms with Crippen LogP contribution in [0.4, 0.5) is 5.95 Å². The van der Waals surface area contributed by atoms with Crippen LogP contribution < -0.4 is 10.6 Å². The van der Waals surface area contributed by atoms with Crippen LogP contribution in [-0.4, -0.2) is 34.1 Å². The number of rotatable bonds is 5. The number of aromatic nitrogens is 3. The molecule has 19 heavy (non-hydrogen) atoms. The molecule has 0 radical (unpaired) electrons. The molecule has 0 aliphatic rings. The molecule has 0 aliphatic carbocycles. The lowest BCUT2D eigenvalue weighted by Gasteiger charge is -2.25. The number of anilines is 1. The smallest absolute Gasteiger partial charge is 0.223 e. The van der Waals surface area contributed by atoms with E-state index in [0.717, 1.165) is 17.8 Å². The Morgan fingerprint density at radius 1 is 1.11 bits per heavy atom. The third-order valence-corrected chi connectivity index (χ3v) is 2.68. The molecule has 0 aliphatic heterocycles. The van der Waals surface area contributed by atoms with Crippen molar-refractivity contribution in [2.24, 2.45) is 0 Å². The summed E-state index contributed by atoms with van der Waals surface area (Å²) in [5.74, 6) is 0.625. The van der Waals surface area contributed by atoms with E-state index in [-0.39, 0.29) is 5.54 Å². The van der Waals surface area contributed by atoms with Crippen LogP contribution in [0.25, 0.3) is 11.3 Å². The number of hydrogen-bond acceptors (Lipinski definition) is 5. The predicted molar refractivity (Wildman–Crippen MR) is 76.9 cm³/mol. The van der Waals surface area contributed by atoms with Crippen LogP contribution in [0.3, 0.4) is 0 Å². The minimum Gasteiger partial charge on any atom is -0.348 e. The van der Waals surface area contributed by atoms with E-state index < -0.39 is 0 Å². The maximum absolute atomic E-state index is 4.33. The summed E-state index contributed by atoms with van der Waals surface area (Å²) in [6, 6.07) is 5.78. The van der Waals surface area contributed by atoms with Gasteiger partial charge in [0.1, 0.15) is 0 Å². The largest absolute Gasteiger partial charge is 0.348 e. The van der Waals surface area contributed by atoms with Gasteiger partial charge < -0.3 is 10.6 Å². The first-order valence-electron chi connectivity index (χ1n) is 6.27. The predicted octanol–water partition coefficient (Wildman–Crippen LogP) is 1.95. The standard InChI is InChI=1S/C14H19N5/c1-14(2,10-15-3)19-13-17-8-11(9-18-13)12-6-4-5-7-16-12/h4-9,15H,10H2,1-3H3,(H,17,18,19). The molecule has 0 saturated carbocycles. The van der Waals surface area contributed by atoms with Gasteiger partial charge in [0, 0.05) is 36.2 Å². The number of nitrogens with one attached hydrogen (secondary N) is 2. The molecule has 2 N–H and O–H groups in total. The van der Waals surface area contributed by atoms with Crippen LogP contribution in [0.15, 0.2) is 36.8 Å². The summed E-state index contributed by atoms with van der Waals surface area (Å²) in [4.78, 5) is 12.9. The SMILES string of the molecule is CNCC(C)(C)Nc1ncc(-c2ccccn2)cn1. The summed E-state index contributed by atoms with van der Waals surface area (Å²) in [5.41, 5.74) is 1.70. The molecule has 2 aromatic heterocycles. The van der Waals surface area contributed by atoms with Crippen molar-refractivity contribution in [3.05, 3.63) is 36.8 Å². The lowest BCUT2D eigenvalue weighted by Crippen LogP contribution is -2.41. The van der Waals surface area contributed by atoms with Crippen LogP contribution in [-0.2, 0) is 0 Å². The van der Waals surface area contributed by atoms with E-state index in [2.05, 4.69) is 39.4 Å². The Labute approximate surface area is 113 Å². The highest BCUT2D eigenvalue weighted by atomic mass is 15.1. The Hall–Kier alpha value is -2.01. The van der Waals surface area contributed by atoms with Crippen LogP contribution >= 0.6 is 0 Å². The molecule has 0 fully saturated rings. The quantitative estimate of drug-likeness (QED) is 0.857. The molecule has 2 aromatic rings. The van der Waals surface area contributed by atoms with Gasteiger partial charge in [0.15, 0.2) is 0 Å². The van der Waals surface area contributed by atoms with Gasteiger partial charge in [-0.05, 0) is 33.0 Å². The van der Waals surface area contributed by atoms with E-state index in [9.17, 15) is 0 Å². The van der Waals surface area contributed by atoms with E-state index >= 15 is 0 Å². The van der Waals surface area contributed by atoms with Crippen molar-refractivity contribution in [3.8, 4) is 11.3 Å². The van der Waals surface area contributed by atoms with Gasteiger partial charge in [-0.25, -0.2) is 9.97 Å². The zero-order chi connectivity index (χ0) is 13.7. The molecule has 2 heterocycles. The zero-order valence-electron chi connectivity index (χ0n) is 11.5. The van der Waals surface area contributed by atoms with Crippen molar-refractivity contribution in [2.45, 2.75) is 19.4 Å². The maximum Gasteiger partial charge on any atom is 0.223 e. The summed E-state index contributed by atoms with van der Waals surface area (Å²) < 4.78 is 0. The molecule has 2 rings (SSSR count). The van der Waals surface area contributed by atoms with Gasteiger partial charge in [-0.1, -0.05) is 6.07 Å². The molecule has 100 valence electrons. The highest BCUT2D eigenvalue weighted by Crippen LogP contribution is 2.16. The van der Waals surface area contributed by atoms with E-state index in [4.69, 9.17) is 0 Å². The third-order valence-electron chi connectivity index (χ3n) is 2.68. The molecule has 0 bridgehead atoms. The van der Waals surface area contributed by atoms with Gasteiger partial charge in [-0.3, -0.25) is 4.98 Å². The molecule has 0 aromatic carbocycles. The van der Waals surface area contributed by atoms with Gasteiger partial charge in [0.25, 0.3) is 0 Å². The molecule has 0 spiro atoms. The average molecular weight is 257 g/mol. The molecule has 0 atom stereocenters. The molecular formula is C14H19N5. The third kappa shape index (κ3) is 3.72. The maximum atomic E-state index is 4.33. The van der Waals surface area contributed by atoms with Gasteiger partial charge in [-0.15, -0.1) is 0 Å². The van der Waals surface area contributed by atoms with Gasteiger partial charge in [0.05, 0.1) is 5.69 Å². The highest BCUT2D eigenvalue weighted by molar-refractivity contribution is 5.56. The van der Waals surface area contributed by atoms with E-state index in [1.54, 1.807) is 18.6 Å². The van der Waals surface area contributed by atoms with Crippen molar-refractivity contribution in [1.29, 1.82) is 0 Å². The summed E-state index contributed by atoms with van der Waals surface area (Å²) in [7, 11) is 1.93. The number of hydrogen-bond donors (Lipinski definition) is 2. The van der Waals surface area contributed by atoms with E-state index in [0.29, 0.717) is 5.95 Å². The molecule has 0 unspecified atom stereocenters. The Morgan fingerprint density at radius 2 is 1.84 bits per heavy atom. The van der Waals surface area contributed by atoms with Crippen molar-refractivity contribution in [3.63, 3.8) is 0 Å². The Bertz CT molecular complexity index is 507. The lowest BCUT2D eigenvalue weighted by molar-refractivity contribution is 0.526. The minimum atomic E-state index is -0.0960. The fourth-order valence-corrected chi connectivity index (χ4v) is 1.85. The fourth-order valence-electron chi connectivity index (χ4n) is 1.85. The van der Waals surface area contributed by atoms with Crippen LogP contribution in [0, 0.1) is 0 Å². The number of likely N-dealkylation sites (N-methyl/N-ethyl adjacent to an activating group) is 1. The number of nitrogens with zero attached hydrogens (tertiary/aromatic N) is 3. The highest BCUT2D eigenvalue weighted by Gasteiger charge is 2.17. The molecule has 5 nitrogen and oxygen atoms in total. The first kappa shape index (κ1) is 13.4. The molecule has 0 saturated heterocycles. The first-order chi connectivity index (χ1) is 9.11. The minimum absolute atomic E-state index is 0.0960. The fraction of sp³-hybridized carbons (Fsp3) is 0.357. The van der Waals surface area contributed by atoms with Crippen molar-refractivity contribution in [1.82, 2.24) is 20.3 Å². The average Bonchev–Trinajstić information content (AvgIpc) is 2.40. The second-order valence-electron chi connectivity index (χ2n) is 5.05. The Morgan fingerprint density at radius 3 is 2.42 bits per heavy atom. The van der Waals surface area contributed by atoms with Crippen molar-refractivity contribution in [2.75, 3.05) is 18.9 Å². The van der Waals surface area contributed by atoms with E-state index in [1.165, 1.54) is 0 Å². The molecule has 5 heteroatoms. The summed E-state index contributed by atoms with van der Waals surface area (Å²) in [6.07, 6.45) is 5.33. The second kappa shape index (κ2) is 5.75. The topological polar surface area (TPSA) is 62.7 Å². The Kier molecular flexibility index (Phi) is 4.06. The van der Waals surface area contributed by atoms with Crippen molar-refractivity contribution < 1.29 is 0 Å². The summed E-state index contributed by atoms with van der Waals surface area (Å²) in [6.45, 7) is 5.03. The van der Waals surface area contributed by atoms with Crippen LogP contribution in [0.1, 0.15) is 13.8 Å². The summed E-state index contributed by atoms with van der Waals surface area (Å²) in [5, 5.41) is 6.43. The van der Waals surface area contributed by atoms with Crippen molar-refractivity contribution >= 4 is 5.95 Å². The van der Waals surface area contributed by atoms with Crippen LogP contribution in [0.5, 0.6) is 0 Å². The van der Waals surface area contributed by atoms with E-state index in [1.807, 2.05) is 25.2 Å². The number of pyridine rings is 1. The normalized spacial score (nSPS) is 11.3.